The highest BCUT2D eigenvalue weighted by Gasteiger charge is 2.17. The average Bonchev–Trinajstić information content (AvgIpc) is 2.40. The van der Waals surface area contributed by atoms with Crippen molar-refractivity contribution < 1.29 is 14.7 Å². The first-order chi connectivity index (χ1) is 9.15. The first-order valence-corrected chi connectivity index (χ1v) is 7.37. The predicted molar refractivity (Wildman–Crippen MR) is 74.5 cm³/mol. The summed E-state index contributed by atoms with van der Waals surface area (Å²) in [5.41, 5.74) is 0.113. The van der Waals surface area contributed by atoms with Crippen LogP contribution in [0.1, 0.15) is 29.6 Å². The van der Waals surface area contributed by atoms with E-state index in [1.807, 2.05) is 11.8 Å². The smallest absolute Gasteiger partial charge is 0.337 e. The number of hydrogen-bond acceptors (Lipinski definition) is 4. The molecular weight excluding hydrogens is 264 g/mol. The molecule has 1 fully saturated rings. The molecule has 6 heteroatoms. The van der Waals surface area contributed by atoms with E-state index in [1.54, 1.807) is 0 Å². The maximum absolute atomic E-state index is 11.8. The number of carboxylic acid groups (broad SMARTS) is 1. The quantitative estimate of drug-likeness (QED) is 0.884. The maximum Gasteiger partial charge on any atom is 0.337 e. The van der Waals surface area contributed by atoms with Crippen molar-refractivity contribution in [2.75, 3.05) is 16.8 Å². The van der Waals surface area contributed by atoms with Crippen molar-refractivity contribution in [2.24, 2.45) is 5.92 Å². The van der Waals surface area contributed by atoms with Gasteiger partial charge in [-0.25, -0.2) is 9.78 Å². The van der Waals surface area contributed by atoms with E-state index in [1.165, 1.54) is 18.3 Å². The Bertz CT molecular complexity index is 455. The van der Waals surface area contributed by atoms with Gasteiger partial charge in [-0.2, -0.15) is 11.8 Å². The van der Waals surface area contributed by atoms with E-state index in [9.17, 15) is 9.59 Å². The van der Waals surface area contributed by atoms with E-state index in [0.29, 0.717) is 18.2 Å². The van der Waals surface area contributed by atoms with Gasteiger partial charge in [0, 0.05) is 12.6 Å². The fraction of sp³-hybridized carbons (Fsp3) is 0.462. The molecule has 0 aliphatic carbocycles. The van der Waals surface area contributed by atoms with Gasteiger partial charge in [-0.1, -0.05) is 0 Å². The number of carboxylic acids is 1. The van der Waals surface area contributed by atoms with Crippen LogP contribution in [0.4, 0.5) is 5.82 Å². The molecule has 2 rings (SSSR count). The van der Waals surface area contributed by atoms with Crippen molar-refractivity contribution in [1.29, 1.82) is 0 Å². The van der Waals surface area contributed by atoms with Gasteiger partial charge in [0.25, 0.3) is 0 Å². The van der Waals surface area contributed by atoms with Crippen LogP contribution in [0, 0.1) is 5.92 Å². The van der Waals surface area contributed by atoms with E-state index in [4.69, 9.17) is 5.11 Å². The molecule has 1 aromatic heterocycles. The molecule has 0 bridgehead atoms. The molecule has 1 aromatic rings. The number of anilines is 1. The summed E-state index contributed by atoms with van der Waals surface area (Å²) >= 11 is 1.93. The summed E-state index contributed by atoms with van der Waals surface area (Å²) in [4.78, 5) is 26.4. The molecule has 0 radical (unpaired) electrons. The number of nitrogens with zero attached hydrogens (tertiary/aromatic N) is 1. The Balaban J connectivity index is 1.85. The number of aromatic carboxylic acids is 1. The van der Waals surface area contributed by atoms with Crippen LogP contribution < -0.4 is 5.32 Å². The molecule has 0 unspecified atom stereocenters. The van der Waals surface area contributed by atoms with Gasteiger partial charge in [-0.3, -0.25) is 4.79 Å². The Hall–Kier alpha value is -1.56. The van der Waals surface area contributed by atoms with Crippen LogP contribution >= 0.6 is 11.8 Å². The fourth-order valence-corrected chi connectivity index (χ4v) is 3.21. The highest BCUT2D eigenvalue weighted by atomic mass is 32.2. The van der Waals surface area contributed by atoms with Crippen molar-refractivity contribution in [1.82, 2.24) is 4.98 Å². The minimum atomic E-state index is -1.02. The third kappa shape index (κ3) is 4.24. The SMILES string of the molecule is O=C(CC1CCSCC1)Nc1ccc(C(=O)O)cn1. The summed E-state index contributed by atoms with van der Waals surface area (Å²) in [6.45, 7) is 0. The van der Waals surface area contributed by atoms with Gasteiger partial charge in [-0.15, -0.1) is 0 Å². The number of hydrogen-bond donors (Lipinski definition) is 2. The number of thioether (sulfide) groups is 1. The fourth-order valence-electron chi connectivity index (χ4n) is 2.00. The third-order valence-electron chi connectivity index (χ3n) is 3.09. The number of aromatic nitrogens is 1. The van der Waals surface area contributed by atoms with E-state index in [0.717, 1.165) is 24.3 Å². The summed E-state index contributed by atoms with van der Waals surface area (Å²) in [5, 5.41) is 11.5. The Morgan fingerprint density at radius 3 is 2.68 bits per heavy atom. The lowest BCUT2D eigenvalue weighted by Crippen LogP contribution is -2.20. The van der Waals surface area contributed by atoms with Gasteiger partial charge in [0.2, 0.25) is 5.91 Å². The lowest BCUT2D eigenvalue weighted by Gasteiger charge is -2.20. The molecule has 0 spiro atoms. The molecule has 102 valence electrons. The zero-order valence-corrected chi connectivity index (χ0v) is 11.3. The molecular formula is C13H16N2O3S. The second-order valence-corrected chi connectivity index (χ2v) is 5.77. The summed E-state index contributed by atoms with van der Waals surface area (Å²) in [7, 11) is 0. The normalized spacial score (nSPS) is 16.0. The molecule has 2 N–H and O–H groups in total. The van der Waals surface area contributed by atoms with Crippen molar-refractivity contribution in [3.8, 4) is 0 Å². The van der Waals surface area contributed by atoms with Crippen LogP contribution in [0.15, 0.2) is 18.3 Å². The minimum Gasteiger partial charge on any atom is -0.478 e. The number of rotatable bonds is 4. The van der Waals surface area contributed by atoms with Gasteiger partial charge < -0.3 is 10.4 Å². The van der Waals surface area contributed by atoms with Crippen molar-refractivity contribution >= 4 is 29.5 Å². The van der Waals surface area contributed by atoms with Crippen LogP contribution in [0.3, 0.4) is 0 Å². The van der Waals surface area contributed by atoms with Crippen LogP contribution in [0.25, 0.3) is 0 Å². The number of amides is 1. The summed E-state index contributed by atoms with van der Waals surface area (Å²) in [6.07, 6.45) is 3.94. The highest BCUT2D eigenvalue weighted by Crippen LogP contribution is 2.25. The zero-order chi connectivity index (χ0) is 13.7. The molecule has 0 aromatic carbocycles. The van der Waals surface area contributed by atoms with Crippen molar-refractivity contribution in [3.63, 3.8) is 0 Å². The van der Waals surface area contributed by atoms with Gasteiger partial charge in [0.05, 0.1) is 5.56 Å². The second-order valence-electron chi connectivity index (χ2n) is 4.55. The molecule has 0 saturated carbocycles. The zero-order valence-electron chi connectivity index (χ0n) is 10.5. The molecule has 1 aliphatic rings. The van der Waals surface area contributed by atoms with Gasteiger partial charge in [0.1, 0.15) is 5.82 Å². The summed E-state index contributed by atoms with van der Waals surface area (Å²) < 4.78 is 0. The Labute approximate surface area is 115 Å². The van der Waals surface area contributed by atoms with Crippen molar-refractivity contribution in [3.05, 3.63) is 23.9 Å². The van der Waals surface area contributed by atoms with E-state index in [-0.39, 0.29) is 11.5 Å². The van der Waals surface area contributed by atoms with Crippen LogP contribution in [0.2, 0.25) is 0 Å². The average molecular weight is 280 g/mol. The summed E-state index contributed by atoms with van der Waals surface area (Å²) in [5.74, 6) is 2.05. The van der Waals surface area contributed by atoms with Gasteiger partial charge >= 0.3 is 5.97 Å². The Kier molecular flexibility index (Phi) is 4.79. The molecule has 19 heavy (non-hydrogen) atoms. The van der Waals surface area contributed by atoms with Gasteiger partial charge in [0.15, 0.2) is 0 Å². The number of pyridine rings is 1. The highest BCUT2D eigenvalue weighted by molar-refractivity contribution is 7.99. The van der Waals surface area contributed by atoms with Crippen molar-refractivity contribution in [2.45, 2.75) is 19.3 Å². The molecule has 0 atom stereocenters. The Morgan fingerprint density at radius 2 is 2.11 bits per heavy atom. The van der Waals surface area contributed by atoms with Crippen LogP contribution in [0.5, 0.6) is 0 Å². The topological polar surface area (TPSA) is 79.3 Å². The Morgan fingerprint density at radius 1 is 1.37 bits per heavy atom. The van der Waals surface area contributed by atoms with Gasteiger partial charge in [-0.05, 0) is 42.4 Å². The standard InChI is InChI=1S/C13H16N2O3S/c16-12(7-9-3-5-19-6-4-9)15-11-2-1-10(8-14-11)13(17)18/h1-2,8-9H,3-7H2,(H,17,18)(H,14,15,16). The molecule has 5 nitrogen and oxygen atoms in total. The first-order valence-electron chi connectivity index (χ1n) is 6.22. The predicted octanol–water partition coefficient (Wildman–Crippen LogP) is 2.25. The number of carbonyl (C=O) groups is 2. The molecule has 2 heterocycles. The second kappa shape index (κ2) is 6.56. The summed E-state index contributed by atoms with van der Waals surface area (Å²) in [6, 6.07) is 2.94. The number of nitrogens with one attached hydrogen (secondary N) is 1. The lowest BCUT2D eigenvalue weighted by atomic mass is 9.98. The monoisotopic (exact) mass is 280 g/mol. The van der Waals surface area contributed by atoms with Crippen LogP contribution in [-0.4, -0.2) is 33.5 Å². The maximum atomic E-state index is 11.8. The largest absolute Gasteiger partial charge is 0.478 e. The van der Waals surface area contributed by atoms with E-state index < -0.39 is 5.97 Å². The minimum absolute atomic E-state index is 0.0486. The van der Waals surface area contributed by atoms with Crippen LogP contribution in [-0.2, 0) is 4.79 Å². The molecule has 1 saturated heterocycles. The number of carbonyl (C=O) groups excluding carboxylic acids is 1. The molecule has 1 aliphatic heterocycles. The first kappa shape index (κ1) is 13.9. The van der Waals surface area contributed by atoms with E-state index >= 15 is 0 Å². The molecule has 1 amide bonds. The third-order valence-corrected chi connectivity index (χ3v) is 4.14. The lowest BCUT2D eigenvalue weighted by molar-refractivity contribution is -0.117. The van der Waals surface area contributed by atoms with E-state index in [2.05, 4.69) is 10.3 Å².